The molecule has 0 unspecified atom stereocenters. The minimum absolute atomic E-state index is 0.936. The van der Waals surface area contributed by atoms with Gasteiger partial charge in [0.25, 0.3) is 0 Å². The van der Waals surface area contributed by atoms with Crippen molar-refractivity contribution in [2.45, 2.75) is 31.9 Å². The predicted octanol–water partition coefficient (Wildman–Crippen LogP) is 2.54. The van der Waals surface area contributed by atoms with E-state index in [0.29, 0.717) is 0 Å². The summed E-state index contributed by atoms with van der Waals surface area (Å²) in [5, 5.41) is 0.936. The van der Waals surface area contributed by atoms with Gasteiger partial charge in [0.1, 0.15) is 0 Å². The van der Waals surface area contributed by atoms with Gasteiger partial charge in [-0.25, -0.2) is 0 Å². The van der Waals surface area contributed by atoms with Gasteiger partial charge in [0.05, 0.1) is 0 Å². The molecule has 0 aromatic carbocycles. The molecule has 0 radical (unpaired) electrons. The third kappa shape index (κ3) is 1.70. The standard InChI is InChI=1S/C7H14S/c1-6-3-4-7(2)8-5-6/h6-7H,3-5H2,1-2H3/t6-,7-/m0/s1. The lowest BCUT2D eigenvalue weighted by Crippen LogP contribution is -2.12. The molecule has 8 heavy (non-hydrogen) atoms. The van der Waals surface area contributed by atoms with Crippen LogP contribution < -0.4 is 0 Å². The monoisotopic (exact) mass is 130 g/mol. The Balaban J connectivity index is 2.19. The maximum absolute atomic E-state index is 2.35. The quantitative estimate of drug-likeness (QED) is 0.485. The van der Waals surface area contributed by atoms with Gasteiger partial charge in [-0.3, -0.25) is 0 Å². The van der Waals surface area contributed by atoms with Crippen molar-refractivity contribution in [2.24, 2.45) is 5.92 Å². The summed E-state index contributed by atoms with van der Waals surface area (Å²) in [6.45, 7) is 4.68. The van der Waals surface area contributed by atoms with Crippen molar-refractivity contribution >= 4 is 11.8 Å². The third-order valence-corrected chi connectivity index (χ3v) is 3.30. The normalized spacial score (nSPS) is 39.8. The second-order valence-electron chi connectivity index (χ2n) is 2.83. The molecular formula is C7H14S. The molecule has 1 saturated heterocycles. The Morgan fingerprint density at radius 1 is 1.25 bits per heavy atom. The van der Waals surface area contributed by atoms with Crippen LogP contribution in [0.3, 0.4) is 0 Å². The van der Waals surface area contributed by atoms with Gasteiger partial charge in [-0.15, -0.1) is 0 Å². The fourth-order valence-corrected chi connectivity index (χ4v) is 2.14. The summed E-state index contributed by atoms with van der Waals surface area (Å²) in [6.07, 6.45) is 2.89. The van der Waals surface area contributed by atoms with Gasteiger partial charge in [-0.05, 0) is 24.5 Å². The number of rotatable bonds is 0. The summed E-state index contributed by atoms with van der Waals surface area (Å²) >= 11 is 2.13. The summed E-state index contributed by atoms with van der Waals surface area (Å²) in [5.41, 5.74) is 0. The molecule has 2 atom stereocenters. The Hall–Kier alpha value is 0.350. The summed E-state index contributed by atoms with van der Waals surface area (Å²) < 4.78 is 0. The summed E-state index contributed by atoms with van der Waals surface area (Å²) in [7, 11) is 0. The van der Waals surface area contributed by atoms with Crippen molar-refractivity contribution in [3.63, 3.8) is 0 Å². The molecule has 0 bridgehead atoms. The first-order valence-corrected chi connectivity index (χ1v) is 4.45. The Morgan fingerprint density at radius 3 is 2.38 bits per heavy atom. The molecule has 0 N–H and O–H groups in total. The summed E-state index contributed by atoms with van der Waals surface area (Å²) in [5.74, 6) is 2.37. The first-order valence-electron chi connectivity index (χ1n) is 3.40. The fraction of sp³-hybridized carbons (Fsp3) is 1.00. The van der Waals surface area contributed by atoms with Gasteiger partial charge in [-0.1, -0.05) is 13.8 Å². The smallest absolute Gasteiger partial charge is 0.00189 e. The van der Waals surface area contributed by atoms with Crippen LogP contribution in [0, 0.1) is 5.92 Å². The topological polar surface area (TPSA) is 0 Å². The van der Waals surface area contributed by atoms with Crippen LogP contribution in [0.15, 0.2) is 0 Å². The zero-order valence-electron chi connectivity index (χ0n) is 5.68. The van der Waals surface area contributed by atoms with Gasteiger partial charge < -0.3 is 0 Å². The second-order valence-corrected chi connectivity index (χ2v) is 4.30. The van der Waals surface area contributed by atoms with E-state index in [2.05, 4.69) is 25.6 Å². The largest absolute Gasteiger partial charge is 0.159 e. The highest BCUT2D eigenvalue weighted by molar-refractivity contribution is 7.99. The molecule has 1 heteroatoms. The van der Waals surface area contributed by atoms with Crippen molar-refractivity contribution in [2.75, 3.05) is 5.75 Å². The molecular weight excluding hydrogens is 116 g/mol. The van der Waals surface area contributed by atoms with Crippen molar-refractivity contribution in [3.05, 3.63) is 0 Å². The van der Waals surface area contributed by atoms with Crippen molar-refractivity contribution in [1.29, 1.82) is 0 Å². The molecule has 0 amide bonds. The van der Waals surface area contributed by atoms with Crippen molar-refractivity contribution in [1.82, 2.24) is 0 Å². The number of hydrogen-bond donors (Lipinski definition) is 0. The maximum atomic E-state index is 2.35. The molecule has 1 rings (SSSR count). The third-order valence-electron chi connectivity index (χ3n) is 1.73. The van der Waals surface area contributed by atoms with Crippen LogP contribution in [-0.2, 0) is 0 Å². The molecule has 48 valence electrons. The molecule has 0 aromatic rings. The van der Waals surface area contributed by atoms with Crippen molar-refractivity contribution < 1.29 is 0 Å². The van der Waals surface area contributed by atoms with Crippen LogP contribution in [0.25, 0.3) is 0 Å². The van der Waals surface area contributed by atoms with Gasteiger partial charge in [0, 0.05) is 5.25 Å². The van der Waals surface area contributed by atoms with E-state index in [0.717, 1.165) is 11.2 Å². The first kappa shape index (κ1) is 6.47. The number of thioether (sulfide) groups is 1. The molecule has 1 aliphatic heterocycles. The minimum atomic E-state index is 0.936. The van der Waals surface area contributed by atoms with E-state index in [9.17, 15) is 0 Å². The lowest BCUT2D eigenvalue weighted by atomic mass is 10.1. The molecule has 1 aliphatic rings. The Bertz CT molecular complexity index is 52.8. The predicted molar refractivity (Wildman–Crippen MR) is 40.3 cm³/mol. The second kappa shape index (κ2) is 2.77. The maximum Gasteiger partial charge on any atom is 0.00189 e. The molecule has 0 saturated carbocycles. The van der Waals surface area contributed by atoms with E-state index in [1.165, 1.54) is 18.6 Å². The Morgan fingerprint density at radius 2 is 2.00 bits per heavy atom. The lowest BCUT2D eigenvalue weighted by molar-refractivity contribution is 0.542. The van der Waals surface area contributed by atoms with Crippen LogP contribution in [0.1, 0.15) is 26.7 Å². The Labute approximate surface area is 56.0 Å². The number of hydrogen-bond acceptors (Lipinski definition) is 1. The SMILES string of the molecule is C[C@H]1CC[C@H](C)SC1. The van der Waals surface area contributed by atoms with Crippen LogP contribution in [-0.4, -0.2) is 11.0 Å². The molecule has 0 nitrogen and oxygen atoms in total. The Kier molecular flexibility index (Phi) is 2.24. The van der Waals surface area contributed by atoms with Crippen LogP contribution in [0.4, 0.5) is 0 Å². The van der Waals surface area contributed by atoms with Crippen LogP contribution in [0.5, 0.6) is 0 Å². The molecule has 1 heterocycles. The van der Waals surface area contributed by atoms with Crippen LogP contribution >= 0.6 is 11.8 Å². The van der Waals surface area contributed by atoms with E-state index in [4.69, 9.17) is 0 Å². The lowest BCUT2D eigenvalue weighted by Gasteiger charge is -2.22. The van der Waals surface area contributed by atoms with E-state index in [-0.39, 0.29) is 0 Å². The molecule has 0 aromatic heterocycles. The highest BCUT2D eigenvalue weighted by Gasteiger charge is 2.13. The highest BCUT2D eigenvalue weighted by atomic mass is 32.2. The van der Waals surface area contributed by atoms with Crippen molar-refractivity contribution in [3.8, 4) is 0 Å². The fourth-order valence-electron chi connectivity index (χ4n) is 1.01. The van der Waals surface area contributed by atoms with Gasteiger partial charge in [0.2, 0.25) is 0 Å². The van der Waals surface area contributed by atoms with E-state index in [1.54, 1.807) is 0 Å². The zero-order chi connectivity index (χ0) is 5.98. The molecule has 0 aliphatic carbocycles. The van der Waals surface area contributed by atoms with E-state index < -0.39 is 0 Å². The van der Waals surface area contributed by atoms with E-state index >= 15 is 0 Å². The highest BCUT2D eigenvalue weighted by Crippen LogP contribution is 2.27. The summed E-state index contributed by atoms with van der Waals surface area (Å²) in [6, 6.07) is 0. The zero-order valence-corrected chi connectivity index (χ0v) is 6.50. The summed E-state index contributed by atoms with van der Waals surface area (Å²) in [4.78, 5) is 0. The van der Waals surface area contributed by atoms with Gasteiger partial charge in [-0.2, -0.15) is 11.8 Å². The average molecular weight is 130 g/mol. The average Bonchev–Trinajstić information content (AvgIpc) is 1.77. The van der Waals surface area contributed by atoms with E-state index in [1.807, 2.05) is 0 Å². The van der Waals surface area contributed by atoms with Gasteiger partial charge in [0.15, 0.2) is 0 Å². The van der Waals surface area contributed by atoms with Crippen LogP contribution in [0.2, 0.25) is 0 Å². The minimum Gasteiger partial charge on any atom is -0.159 e. The van der Waals surface area contributed by atoms with Gasteiger partial charge >= 0.3 is 0 Å². The first-order chi connectivity index (χ1) is 3.79. The molecule has 1 fully saturated rings. The molecule has 0 spiro atoms.